The Balaban J connectivity index is 1.45. The third kappa shape index (κ3) is 3.82. The third-order valence-electron chi connectivity index (χ3n) is 5.06. The van der Waals surface area contributed by atoms with Gasteiger partial charge in [-0.15, -0.1) is 0 Å². The molecule has 2 aromatic rings. The fraction of sp³-hybridized carbons (Fsp3) is 0.400. The Kier molecular flexibility index (Phi) is 5.21. The van der Waals surface area contributed by atoms with Gasteiger partial charge >= 0.3 is 0 Å². The topological polar surface area (TPSA) is 93.5 Å². The molecule has 1 N–H and O–H groups in total. The summed E-state index contributed by atoms with van der Waals surface area (Å²) in [5.74, 6) is -0.611. The number of fused-ring (bicyclic) bond motifs is 1. The van der Waals surface area contributed by atoms with Gasteiger partial charge in [-0.3, -0.25) is 14.4 Å². The minimum atomic E-state index is -0.425. The molecule has 2 amide bonds. The van der Waals surface area contributed by atoms with Crippen LogP contribution < -0.4 is 15.8 Å². The predicted molar refractivity (Wildman–Crippen MR) is 102 cm³/mol. The molecule has 4 rings (SSSR count). The summed E-state index contributed by atoms with van der Waals surface area (Å²) >= 11 is 0. The summed E-state index contributed by atoms with van der Waals surface area (Å²) in [6, 6.07) is 10.4. The van der Waals surface area contributed by atoms with Gasteiger partial charge in [0, 0.05) is 31.5 Å². The van der Waals surface area contributed by atoms with E-state index in [1.54, 1.807) is 4.90 Å². The minimum Gasteiger partial charge on any atom is -0.376 e. The number of aromatic nitrogens is 2. The molecule has 1 fully saturated rings. The maximum Gasteiger partial charge on any atom is 0.278 e. The van der Waals surface area contributed by atoms with Gasteiger partial charge in [-0.2, -0.15) is 5.10 Å². The third-order valence-corrected chi connectivity index (χ3v) is 5.06. The number of amides is 2. The van der Waals surface area contributed by atoms with E-state index in [1.807, 2.05) is 24.3 Å². The molecule has 0 spiro atoms. The van der Waals surface area contributed by atoms with E-state index in [-0.39, 0.29) is 30.2 Å². The van der Waals surface area contributed by atoms with Crippen LogP contribution in [0.3, 0.4) is 0 Å². The van der Waals surface area contributed by atoms with Crippen LogP contribution in [0.5, 0.6) is 0 Å². The molecule has 2 aliphatic rings. The second-order valence-corrected chi connectivity index (χ2v) is 6.99. The summed E-state index contributed by atoms with van der Waals surface area (Å²) in [6.45, 7) is 1.46. The Hall–Kier alpha value is -3.00. The number of benzene rings is 1. The number of hydrogen-bond acceptors (Lipinski definition) is 5. The zero-order chi connectivity index (χ0) is 19.5. The molecule has 1 aromatic carbocycles. The number of rotatable bonds is 5. The van der Waals surface area contributed by atoms with Gasteiger partial charge in [0.1, 0.15) is 12.2 Å². The molecule has 0 saturated carbocycles. The van der Waals surface area contributed by atoms with Crippen LogP contribution in [-0.2, 0) is 22.5 Å². The predicted octanol–water partition coefficient (Wildman–Crippen LogP) is 0.741. The Bertz CT molecular complexity index is 949. The van der Waals surface area contributed by atoms with Crippen molar-refractivity contribution in [1.29, 1.82) is 0 Å². The van der Waals surface area contributed by atoms with Crippen LogP contribution in [0.1, 0.15) is 28.9 Å². The first-order chi connectivity index (χ1) is 13.6. The molecule has 3 heterocycles. The number of nitrogens with zero attached hydrogens (tertiary/aromatic N) is 3. The van der Waals surface area contributed by atoms with Crippen molar-refractivity contribution in [3.8, 4) is 0 Å². The van der Waals surface area contributed by atoms with Crippen molar-refractivity contribution in [2.24, 2.45) is 0 Å². The maximum absolute atomic E-state index is 12.9. The molecule has 2 aliphatic heterocycles. The van der Waals surface area contributed by atoms with Crippen LogP contribution in [0.2, 0.25) is 0 Å². The zero-order valence-corrected chi connectivity index (χ0v) is 15.5. The van der Waals surface area contributed by atoms with Gasteiger partial charge in [0.15, 0.2) is 0 Å². The average molecular weight is 382 g/mol. The summed E-state index contributed by atoms with van der Waals surface area (Å²) in [7, 11) is 0. The summed E-state index contributed by atoms with van der Waals surface area (Å²) in [5, 5.41) is 6.89. The number of hydrogen-bond donors (Lipinski definition) is 1. The van der Waals surface area contributed by atoms with Gasteiger partial charge in [-0.25, -0.2) is 4.68 Å². The first-order valence-electron chi connectivity index (χ1n) is 9.48. The monoisotopic (exact) mass is 382 g/mol. The highest BCUT2D eigenvalue weighted by Crippen LogP contribution is 2.28. The first-order valence-corrected chi connectivity index (χ1v) is 9.48. The van der Waals surface area contributed by atoms with Crippen LogP contribution in [0.25, 0.3) is 0 Å². The Morgan fingerprint density at radius 2 is 2.07 bits per heavy atom. The lowest BCUT2D eigenvalue weighted by molar-refractivity contribution is -0.122. The SMILES string of the molecule is O=C(Cn1nc(C(=O)N2CCc3ccccc32)ccc1=O)NC[C@@H]1CCCO1. The van der Waals surface area contributed by atoms with Crippen molar-refractivity contribution in [1.82, 2.24) is 15.1 Å². The highest BCUT2D eigenvalue weighted by molar-refractivity contribution is 6.05. The molecule has 1 saturated heterocycles. The molecule has 8 heteroatoms. The van der Waals surface area contributed by atoms with Gasteiger partial charge in [-0.1, -0.05) is 18.2 Å². The summed E-state index contributed by atoms with van der Waals surface area (Å²) in [6.07, 6.45) is 2.72. The van der Waals surface area contributed by atoms with E-state index in [4.69, 9.17) is 4.74 Å². The number of nitrogens with one attached hydrogen (secondary N) is 1. The largest absolute Gasteiger partial charge is 0.376 e. The van der Waals surface area contributed by atoms with Gasteiger partial charge in [-0.05, 0) is 37.0 Å². The highest BCUT2D eigenvalue weighted by atomic mass is 16.5. The first kappa shape index (κ1) is 18.4. The fourth-order valence-corrected chi connectivity index (χ4v) is 3.59. The molecule has 0 radical (unpaired) electrons. The molecular weight excluding hydrogens is 360 g/mol. The normalized spacial score (nSPS) is 18.1. The molecule has 0 bridgehead atoms. The molecule has 1 aromatic heterocycles. The number of carbonyl (C=O) groups excluding carboxylic acids is 2. The lowest BCUT2D eigenvalue weighted by Crippen LogP contribution is -2.38. The van der Waals surface area contributed by atoms with Gasteiger partial charge < -0.3 is 15.0 Å². The van der Waals surface area contributed by atoms with E-state index in [1.165, 1.54) is 12.1 Å². The quantitative estimate of drug-likeness (QED) is 0.823. The Morgan fingerprint density at radius 3 is 2.89 bits per heavy atom. The number of ether oxygens (including phenoxy) is 1. The molecule has 0 unspecified atom stereocenters. The van der Waals surface area contributed by atoms with Crippen molar-refractivity contribution >= 4 is 17.5 Å². The van der Waals surface area contributed by atoms with Gasteiger partial charge in [0.2, 0.25) is 5.91 Å². The zero-order valence-electron chi connectivity index (χ0n) is 15.5. The summed E-state index contributed by atoms with van der Waals surface area (Å²) in [4.78, 5) is 38.8. The van der Waals surface area contributed by atoms with Crippen LogP contribution in [-0.4, -0.2) is 47.4 Å². The van der Waals surface area contributed by atoms with Crippen LogP contribution >= 0.6 is 0 Å². The molecule has 146 valence electrons. The average Bonchev–Trinajstić information content (AvgIpc) is 3.37. The van der Waals surface area contributed by atoms with Crippen LogP contribution in [0, 0.1) is 0 Å². The van der Waals surface area contributed by atoms with Crippen LogP contribution in [0.4, 0.5) is 5.69 Å². The van der Waals surface area contributed by atoms with Crippen LogP contribution in [0.15, 0.2) is 41.2 Å². The smallest absolute Gasteiger partial charge is 0.278 e. The maximum atomic E-state index is 12.9. The fourth-order valence-electron chi connectivity index (χ4n) is 3.59. The van der Waals surface area contributed by atoms with E-state index in [0.29, 0.717) is 19.7 Å². The van der Waals surface area contributed by atoms with E-state index < -0.39 is 5.56 Å². The molecule has 28 heavy (non-hydrogen) atoms. The van der Waals surface area contributed by atoms with E-state index in [9.17, 15) is 14.4 Å². The lowest BCUT2D eigenvalue weighted by Gasteiger charge is -2.17. The number of para-hydroxylation sites is 1. The molecule has 1 atom stereocenters. The molecular formula is C20H22N4O4. The summed E-state index contributed by atoms with van der Waals surface area (Å²) in [5.41, 5.74) is 1.69. The lowest BCUT2D eigenvalue weighted by atomic mass is 10.2. The Morgan fingerprint density at radius 1 is 1.21 bits per heavy atom. The minimum absolute atomic E-state index is 0.0248. The molecule has 0 aliphatic carbocycles. The number of carbonyl (C=O) groups is 2. The number of anilines is 1. The Labute approximate surface area is 162 Å². The van der Waals surface area contributed by atoms with Gasteiger partial charge in [0.05, 0.1) is 6.10 Å². The van der Waals surface area contributed by atoms with E-state index in [0.717, 1.165) is 35.2 Å². The van der Waals surface area contributed by atoms with Crippen molar-refractivity contribution in [2.75, 3.05) is 24.6 Å². The second-order valence-electron chi connectivity index (χ2n) is 6.99. The van der Waals surface area contributed by atoms with Crippen molar-refractivity contribution < 1.29 is 14.3 Å². The standard InChI is InChI=1S/C20H22N4O4/c25-18(21-12-15-5-3-11-28-15)13-24-19(26)8-7-16(22-24)20(27)23-10-9-14-4-1-2-6-17(14)23/h1-2,4,6-8,15H,3,5,9-13H2,(H,21,25)/t15-/m0/s1. The van der Waals surface area contributed by atoms with E-state index in [2.05, 4.69) is 10.4 Å². The van der Waals surface area contributed by atoms with Crippen molar-refractivity contribution in [3.63, 3.8) is 0 Å². The highest BCUT2D eigenvalue weighted by Gasteiger charge is 2.26. The van der Waals surface area contributed by atoms with E-state index >= 15 is 0 Å². The van der Waals surface area contributed by atoms with Gasteiger partial charge in [0.25, 0.3) is 11.5 Å². The van der Waals surface area contributed by atoms with Crippen molar-refractivity contribution in [3.05, 3.63) is 58.0 Å². The molecule has 8 nitrogen and oxygen atoms in total. The summed E-state index contributed by atoms with van der Waals surface area (Å²) < 4.78 is 6.49. The van der Waals surface area contributed by atoms with Crippen molar-refractivity contribution in [2.45, 2.75) is 31.9 Å². The second kappa shape index (κ2) is 7.93.